The Bertz CT molecular complexity index is 419. The number of carbonyl (C=O) groups is 1. The first-order valence-electron chi connectivity index (χ1n) is 4.28. The Morgan fingerprint density at radius 3 is 2.59 bits per heavy atom. The average molecular weight is 251 g/mol. The third-order valence-electron chi connectivity index (χ3n) is 1.66. The molecule has 0 fully saturated rings. The summed E-state index contributed by atoms with van der Waals surface area (Å²) in [6.45, 7) is -0.578. The van der Waals surface area contributed by atoms with E-state index in [1.165, 1.54) is 6.07 Å². The summed E-state index contributed by atoms with van der Waals surface area (Å²) in [4.78, 5) is 10.1. The zero-order valence-corrected chi connectivity index (χ0v) is 8.32. The molecule has 3 N–H and O–H groups in total. The number of nitrogens with two attached hydrogens (primary N) is 1. The lowest BCUT2D eigenvalue weighted by atomic mass is 10.2. The van der Waals surface area contributed by atoms with E-state index in [-0.39, 0.29) is 11.3 Å². The molecule has 0 spiro atoms. The first-order valence-corrected chi connectivity index (χ1v) is 4.28. The summed E-state index contributed by atoms with van der Waals surface area (Å²) in [5.41, 5.74) is 5.42. The van der Waals surface area contributed by atoms with Gasteiger partial charge in [-0.3, -0.25) is 0 Å². The average Bonchev–Trinajstić information content (AvgIpc) is 2.16. The van der Waals surface area contributed by atoms with Gasteiger partial charge in [-0.2, -0.15) is 0 Å². The third kappa shape index (κ3) is 4.49. The quantitative estimate of drug-likeness (QED) is 0.636. The van der Waals surface area contributed by atoms with Crippen LogP contribution in [0.2, 0.25) is 0 Å². The highest BCUT2D eigenvalue weighted by Gasteiger charge is 2.32. The fourth-order valence-electron chi connectivity index (χ4n) is 1.08. The number of ether oxygens (including phenoxy) is 2. The van der Waals surface area contributed by atoms with Crippen LogP contribution in [0.25, 0.3) is 0 Å². The summed E-state index contributed by atoms with van der Waals surface area (Å²) in [6.07, 6.45) is -6.47. The van der Waals surface area contributed by atoms with Gasteiger partial charge in [0.15, 0.2) is 0 Å². The summed E-state index contributed by atoms with van der Waals surface area (Å²) in [6, 6.07) is 3.33. The van der Waals surface area contributed by atoms with Gasteiger partial charge in [-0.25, -0.2) is 4.79 Å². The number of nitrogen functional groups attached to an aromatic ring is 1. The Balaban J connectivity index is 2.91. The molecule has 1 rings (SSSR count). The van der Waals surface area contributed by atoms with E-state index in [2.05, 4.69) is 9.47 Å². The standard InChI is InChI=1S/C9H8F3NO4/c10-9(11,12)17-7-2-1-6(13)3-5(7)4-16-8(14)15/h1-3H,4,13H2,(H,14,15). The van der Waals surface area contributed by atoms with Crippen molar-refractivity contribution in [3.05, 3.63) is 23.8 Å². The summed E-state index contributed by atoms with van der Waals surface area (Å²) in [5, 5.41) is 8.25. The second-order valence-corrected chi connectivity index (χ2v) is 2.97. The summed E-state index contributed by atoms with van der Waals surface area (Å²) in [5.74, 6) is -0.548. The monoisotopic (exact) mass is 251 g/mol. The van der Waals surface area contributed by atoms with Crippen molar-refractivity contribution >= 4 is 11.8 Å². The van der Waals surface area contributed by atoms with Gasteiger partial charge in [0.1, 0.15) is 12.4 Å². The summed E-state index contributed by atoms with van der Waals surface area (Å²) < 4.78 is 43.9. The van der Waals surface area contributed by atoms with Crippen LogP contribution in [0, 0.1) is 0 Å². The summed E-state index contributed by atoms with van der Waals surface area (Å²) >= 11 is 0. The van der Waals surface area contributed by atoms with Gasteiger partial charge >= 0.3 is 12.5 Å². The largest absolute Gasteiger partial charge is 0.573 e. The summed E-state index contributed by atoms with van der Waals surface area (Å²) in [7, 11) is 0. The van der Waals surface area contributed by atoms with Crippen LogP contribution in [0.3, 0.4) is 0 Å². The molecule has 0 unspecified atom stereocenters. The third-order valence-corrected chi connectivity index (χ3v) is 1.66. The van der Waals surface area contributed by atoms with E-state index in [1.54, 1.807) is 0 Å². The predicted molar refractivity (Wildman–Crippen MR) is 50.4 cm³/mol. The normalized spacial score (nSPS) is 11.0. The van der Waals surface area contributed by atoms with Crippen LogP contribution in [-0.4, -0.2) is 17.6 Å². The molecule has 0 saturated heterocycles. The molecule has 0 aliphatic carbocycles. The number of alkyl halides is 3. The number of hydrogen-bond donors (Lipinski definition) is 2. The van der Waals surface area contributed by atoms with Crippen molar-refractivity contribution in [2.45, 2.75) is 13.0 Å². The molecule has 0 atom stereocenters. The molecular weight excluding hydrogens is 243 g/mol. The van der Waals surface area contributed by atoms with Crippen molar-refractivity contribution in [1.29, 1.82) is 0 Å². The Hall–Kier alpha value is -2.12. The van der Waals surface area contributed by atoms with Crippen LogP contribution in [0.5, 0.6) is 5.75 Å². The molecule has 0 aliphatic heterocycles. The van der Waals surface area contributed by atoms with Gasteiger partial charge in [0.25, 0.3) is 0 Å². The zero-order valence-electron chi connectivity index (χ0n) is 8.32. The van der Waals surface area contributed by atoms with E-state index < -0.39 is 24.9 Å². The fraction of sp³-hybridized carbons (Fsp3) is 0.222. The molecule has 0 aliphatic rings. The SMILES string of the molecule is Nc1ccc(OC(F)(F)F)c(COC(=O)O)c1. The number of rotatable bonds is 3. The Labute approximate surface area is 93.5 Å². The van der Waals surface area contributed by atoms with E-state index in [4.69, 9.17) is 10.8 Å². The van der Waals surface area contributed by atoms with E-state index in [1.807, 2.05) is 0 Å². The minimum absolute atomic E-state index is 0.107. The molecule has 8 heteroatoms. The molecule has 0 heterocycles. The Morgan fingerprint density at radius 2 is 2.06 bits per heavy atom. The molecule has 0 radical (unpaired) electrons. The fourth-order valence-corrected chi connectivity index (χ4v) is 1.08. The maximum Gasteiger partial charge on any atom is 0.573 e. The topological polar surface area (TPSA) is 81.8 Å². The van der Waals surface area contributed by atoms with Gasteiger partial charge in [-0.05, 0) is 18.2 Å². The number of benzene rings is 1. The molecule has 1 aromatic carbocycles. The molecule has 0 aromatic heterocycles. The van der Waals surface area contributed by atoms with Gasteiger partial charge in [0.2, 0.25) is 0 Å². The van der Waals surface area contributed by atoms with Gasteiger partial charge in [0, 0.05) is 11.3 Å². The van der Waals surface area contributed by atoms with Crippen molar-refractivity contribution in [3.63, 3.8) is 0 Å². The van der Waals surface area contributed by atoms with E-state index >= 15 is 0 Å². The zero-order chi connectivity index (χ0) is 13.1. The van der Waals surface area contributed by atoms with Crippen LogP contribution in [0.15, 0.2) is 18.2 Å². The smallest absolute Gasteiger partial charge is 0.450 e. The lowest BCUT2D eigenvalue weighted by Gasteiger charge is -2.13. The number of hydrogen-bond acceptors (Lipinski definition) is 4. The van der Waals surface area contributed by atoms with Gasteiger partial charge < -0.3 is 20.3 Å². The molecule has 5 nitrogen and oxygen atoms in total. The molecule has 0 saturated carbocycles. The molecule has 0 bridgehead atoms. The van der Waals surface area contributed by atoms with E-state index in [9.17, 15) is 18.0 Å². The van der Waals surface area contributed by atoms with Gasteiger partial charge in [0.05, 0.1) is 0 Å². The second kappa shape index (κ2) is 4.81. The van der Waals surface area contributed by atoms with Crippen molar-refractivity contribution in [2.75, 3.05) is 5.73 Å². The molecule has 17 heavy (non-hydrogen) atoms. The lowest BCUT2D eigenvalue weighted by molar-refractivity contribution is -0.275. The first kappa shape index (κ1) is 12.9. The second-order valence-electron chi connectivity index (χ2n) is 2.97. The number of anilines is 1. The van der Waals surface area contributed by atoms with Crippen LogP contribution >= 0.6 is 0 Å². The van der Waals surface area contributed by atoms with E-state index in [0.717, 1.165) is 12.1 Å². The minimum Gasteiger partial charge on any atom is -0.450 e. The minimum atomic E-state index is -4.87. The van der Waals surface area contributed by atoms with Crippen LogP contribution in [0.1, 0.15) is 5.56 Å². The number of carboxylic acid groups (broad SMARTS) is 1. The van der Waals surface area contributed by atoms with Crippen LogP contribution in [-0.2, 0) is 11.3 Å². The van der Waals surface area contributed by atoms with Crippen molar-refractivity contribution in [1.82, 2.24) is 0 Å². The highest BCUT2D eigenvalue weighted by Crippen LogP contribution is 2.28. The van der Waals surface area contributed by atoms with Crippen LogP contribution in [0.4, 0.5) is 23.7 Å². The highest BCUT2D eigenvalue weighted by molar-refractivity contribution is 5.57. The predicted octanol–water partition coefficient (Wildman–Crippen LogP) is 2.36. The lowest BCUT2D eigenvalue weighted by Crippen LogP contribution is -2.18. The van der Waals surface area contributed by atoms with Crippen molar-refractivity contribution in [2.24, 2.45) is 0 Å². The first-order chi connectivity index (χ1) is 7.78. The Kier molecular flexibility index (Phi) is 3.66. The highest BCUT2D eigenvalue weighted by atomic mass is 19.4. The molecule has 1 aromatic rings. The van der Waals surface area contributed by atoms with Crippen LogP contribution < -0.4 is 10.5 Å². The molecule has 94 valence electrons. The van der Waals surface area contributed by atoms with E-state index in [0.29, 0.717) is 0 Å². The maximum absolute atomic E-state index is 12.0. The van der Waals surface area contributed by atoms with Crippen molar-refractivity contribution < 1.29 is 32.5 Å². The van der Waals surface area contributed by atoms with Crippen molar-refractivity contribution in [3.8, 4) is 5.75 Å². The van der Waals surface area contributed by atoms with Gasteiger partial charge in [-0.15, -0.1) is 13.2 Å². The number of halogens is 3. The Morgan fingerprint density at radius 1 is 1.41 bits per heavy atom. The van der Waals surface area contributed by atoms with Gasteiger partial charge in [-0.1, -0.05) is 0 Å². The molecular formula is C9H8F3NO4. The molecule has 0 amide bonds. The maximum atomic E-state index is 12.0.